The third-order valence-electron chi connectivity index (χ3n) is 3.99. The van der Waals surface area contributed by atoms with Crippen molar-refractivity contribution in [2.45, 2.75) is 13.5 Å². The van der Waals surface area contributed by atoms with Gasteiger partial charge >= 0.3 is 0 Å². The van der Waals surface area contributed by atoms with Crippen LogP contribution in [0.5, 0.6) is 0 Å². The van der Waals surface area contributed by atoms with Gasteiger partial charge in [-0.05, 0) is 19.2 Å². The first-order chi connectivity index (χ1) is 11.6. The number of aromatic amines is 1. The number of imidazole rings is 1. The highest BCUT2D eigenvalue weighted by atomic mass is 15.3. The van der Waals surface area contributed by atoms with Gasteiger partial charge in [-0.3, -0.25) is 4.99 Å². The Balaban J connectivity index is 1.91. The van der Waals surface area contributed by atoms with Crippen molar-refractivity contribution in [3.05, 3.63) is 42.4 Å². The Morgan fingerprint density at radius 2 is 2.00 bits per heavy atom. The van der Waals surface area contributed by atoms with Crippen LogP contribution in [-0.2, 0) is 6.54 Å². The van der Waals surface area contributed by atoms with E-state index in [0.29, 0.717) is 6.54 Å². The maximum atomic E-state index is 4.48. The summed E-state index contributed by atoms with van der Waals surface area (Å²) in [6.45, 7) is 5.74. The Morgan fingerprint density at radius 1 is 1.25 bits per heavy atom. The van der Waals surface area contributed by atoms with Gasteiger partial charge in [0, 0.05) is 27.2 Å². The molecule has 6 heteroatoms. The number of benzene rings is 1. The van der Waals surface area contributed by atoms with E-state index in [4.69, 9.17) is 0 Å². The molecule has 1 aromatic heterocycles. The molecule has 0 fully saturated rings. The minimum Gasteiger partial charge on any atom is -0.355 e. The normalized spacial score (nSPS) is 11.8. The lowest BCUT2D eigenvalue weighted by Crippen LogP contribution is -2.41. The fourth-order valence-electron chi connectivity index (χ4n) is 2.41. The van der Waals surface area contributed by atoms with Crippen molar-refractivity contribution in [2.24, 2.45) is 4.99 Å². The lowest BCUT2D eigenvalue weighted by Gasteiger charge is -2.22. The average Bonchev–Trinajstić information content (AvgIpc) is 3.07. The van der Waals surface area contributed by atoms with E-state index in [2.05, 4.69) is 56.2 Å². The van der Waals surface area contributed by atoms with Gasteiger partial charge in [-0.1, -0.05) is 37.3 Å². The summed E-state index contributed by atoms with van der Waals surface area (Å²) >= 11 is 0. The minimum absolute atomic E-state index is 0.677. The van der Waals surface area contributed by atoms with Gasteiger partial charge in [0.1, 0.15) is 5.82 Å². The quantitative estimate of drug-likeness (QED) is 0.603. The first-order valence-electron chi connectivity index (χ1n) is 8.33. The van der Waals surface area contributed by atoms with Crippen LogP contribution in [0.3, 0.4) is 0 Å². The molecule has 1 heterocycles. The fraction of sp³-hybridized carbons (Fsp3) is 0.444. The molecular weight excluding hydrogens is 300 g/mol. The zero-order valence-corrected chi connectivity index (χ0v) is 15.1. The third kappa shape index (κ3) is 5.09. The Labute approximate surface area is 144 Å². The van der Waals surface area contributed by atoms with Gasteiger partial charge in [-0.15, -0.1) is 0 Å². The fourth-order valence-corrected chi connectivity index (χ4v) is 2.41. The van der Waals surface area contributed by atoms with Gasteiger partial charge in [0.2, 0.25) is 0 Å². The van der Waals surface area contributed by atoms with E-state index in [-0.39, 0.29) is 0 Å². The number of aliphatic imine (C=N–C) groups is 1. The number of nitrogens with zero attached hydrogens (tertiary/aromatic N) is 4. The summed E-state index contributed by atoms with van der Waals surface area (Å²) in [5.41, 5.74) is 2.18. The summed E-state index contributed by atoms with van der Waals surface area (Å²) < 4.78 is 0. The highest BCUT2D eigenvalue weighted by molar-refractivity contribution is 5.79. The summed E-state index contributed by atoms with van der Waals surface area (Å²) in [6.07, 6.45) is 1.88. The van der Waals surface area contributed by atoms with Crippen LogP contribution in [0.2, 0.25) is 0 Å². The van der Waals surface area contributed by atoms with Crippen LogP contribution in [0, 0.1) is 0 Å². The molecule has 0 saturated carbocycles. The number of rotatable bonds is 7. The number of likely N-dealkylation sites (N-methyl/N-ethyl adjacent to an activating group) is 1. The van der Waals surface area contributed by atoms with Crippen LogP contribution in [-0.4, -0.2) is 66.5 Å². The molecule has 0 saturated heterocycles. The molecule has 0 radical (unpaired) electrons. The van der Waals surface area contributed by atoms with Crippen LogP contribution in [0.1, 0.15) is 12.7 Å². The molecule has 0 unspecified atom stereocenters. The maximum absolute atomic E-state index is 4.48. The van der Waals surface area contributed by atoms with Gasteiger partial charge in [0.15, 0.2) is 5.96 Å². The monoisotopic (exact) mass is 328 g/mol. The molecule has 24 heavy (non-hydrogen) atoms. The highest BCUT2D eigenvalue weighted by Gasteiger charge is 2.09. The molecule has 0 amide bonds. The Hall–Kier alpha value is -2.34. The summed E-state index contributed by atoms with van der Waals surface area (Å²) in [5.74, 6) is 1.79. The smallest absolute Gasteiger partial charge is 0.193 e. The van der Waals surface area contributed by atoms with Crippen molar-refractivity contribution in [3.8, 4) is 11.3 Å². The van der Waals surface area contributed by atoms with E-state index in [1.807, 2.05) is 31.4 Å². The molecule has 1 aromatic carbocycles. The standard InChI is InChI=1S/C18H28N6/c1-5-23(3)12-11-20-18(19-2)24(4)14-17-21-13-16(22-17)15-9-7-6-8-10-15/h6-10,13H,5,11-12,14H2,1-4H3,(H,19,20)(H,21,22). The molecule has 130 valence electrons. The predicted octanol–water partition coefficient (Wildman–Crippen LogP) is 2.04. The van der Waals surface area contributed by atoms with Crippen molar-refractivity contribution >= 4 is 5.96 Å². The van der Waals surface area contributed by atoms with Crippen molar-refractivity contribution in [1.82, 2.24) is 25.1 Å². The summed E-state index contributed by atoms with van der Waals surface area (Å²) in [5, 5.41) is 3.39. The molecule has 6 nitrogen and oxygen atoms in total. The molecule has 0 aliphatic heterocycles. The summed E-state index contributed by atoms with van der Waals surface area (Å²) in [6, 6.07) is 10.2. The summed E-state index contributed by atoms with van der Waals surface area (Å²) in [4.78, 5) is 16.5. The Kier molecular flexibility index (Phi) is 6.81. The van der Waals surface area contributed by atoms with E-state index >= 15 is 0 Å². The number of aromatic nitrogens is 2. The topological polar surface area (TPSA) is 59.5 Å². The lowest BCUT2D eigenvalue weighted by atomic mass is 10.2. The lowest BCUT2D eigenvalue weighted by molar-refractivity contribution is 0.353. The van der Waals surface area contributed by atoms with E-state index in [9.17, 15) is 0 Å². The number of nitrogens with one attached hydrogen (secondary N) is 2. The molecule has 0 bridgehead atoms. The largest absolute Gasteiger partial charge is 0.355 e. The highest BCUT2D eigenvalue weighted by Crippen LogP contribution is 2.16. The Morgan fingerprint density at radius 3 is 2.67 bits per heavy atom. The first-order valence-corrected chi connectivity index (χ1v) is 8.33. The zero-order valence-electron chi connectivity index (χ0n) is 15.1. The SMILES string of the molecule is CCN(C)CCNC(=NC)N(C)Cc1ncc(-c2ccccc2)[nH]1. The second-order valence-electron chi connectivity index (χ2n) is 5.84. The number of hydrogen-bond acceptors (Lipinski definition) is 3. The van der Waals surface area contributed by atoms with Crippen LogP contribution in [0.25, 0.3) is 11.3 Å². The molecule has 2 rings (SSSR count). The second-order valence-corrected chi connectivity index (χ2v) is 5.84. The molecule has 0 aliphatic rings. The van der Waals surface area contributed by atoms with Gasteiger partial charge in [0.25, 0.3) is 0 Å². The molecule has 2 N–H and O–H groups in total. The van der Waals surface area contributed by atoms with Crippen molar-refractivity contribution in [3.63, 3.8) is 0 Å². The van der Waals surface area contributed by atoms with E-state index < -0.39 is 0 Å². The first kappa shape index (κ1) is 18.0. The third-order valence-corrected chi connectivity index (χ3v) is 3.99. The molecule has 0 spiro atoms. The van der Waals surface area contributed by atoms with E-state index in [1.165, 1.54) is 0 Å². The molecule has 2 aromatic rings. The van der Waals surface area contributed by atoms with Gasteiger partial charge < -0.3 is 20.1 Å². The second kappa shape index (κ2) is 9.08. The maximum Gasteiger partial charge on any atom is 0.193 e. The summed E-state index contributed by atoms with van der Waals surface area (Å²) in [7, 11) is 5.94. The molecule has 0 aliphatic carbocycles. The number of hydrogen-bond donors (Lipinski definition) is 2. The number of H-pyrrole nitrogens is 1. The predicted molar refractivity (Wildman–Crippen MR) is 100 cm³/mol. The van der Waals surface area contributed by atoms with Crippen molar-refractivity contribution in [1.29, 1.82) is 0 Å². The molecular formula is C18H28N6. The van der Waals surface area contributed by atoms with E-state index in [1.54, 1.807) is 7.05 Å². The minimum atomic E-state index is 0.677. The van der Waals surface area contributed by atoms with Crippen LogP contribution >= 0.6 is 0 Å². The van der Waals surface area contributed by atoms with Crippen LogP contribution < -0.4 is 5.32 Å². The molecule has 0 atom stereocenters. The van der Waals surface area contributed by atoms with Crippen molar-refractivity contribution < 1.29 is 0 Å². The zero-order chi connectivity index (χ0) is 17.4. The Bertz CT molecular complexity index is 634. The van der Waals surface area contributed by atoms with Crippen LogP contribution in [0.4, 0.5) is 0 Å². The van der Waals surface area contributed by atoms with Gasteiger partial charge in [-0.2, -0.15) is 0 Å². The average molecular weight is 328 g/mol. The van der Waals surface area contributed by atoms with Crippen molar-refractivity contribution in [2.75, 3.05) is 40.8 Å². The van der Waals surface area contributed by atoms with Gasteiger partial charge in [0.05, 0.1) is 18.4 Å². The number of guanidine groups is 1. The van der Waals surface area contributed by atoms with Crippen LogP contribution in [0.15, 0.2) is 41.5 Å². The van der Waals surface area contributed by atoms with E-state index in [0.717, 1.165) is 42.7 Å². The van der Waals surface area contributed by atoms with Gasteiger partial charge in [-0.25, -0.2) is 4.98 Å².